The molecule has 2 saturated heterocycles. The Hall–Kier alpha value is -2.10. The lowest BCUT2D eigenvalue weighted by Crippen LogP contribution is -2.51. The Morgan fingerprint density at radius 2 is 1.65 bits per heavy atom. The highest BCUT2D eigenvalue weighted by atomic mass is 35.5. The molecule has 2 aliphatic rings. The van der Waals surface area contributed by atoms with Gasteiger partial charge < -0.3 is 9.80 Å². The van der Waals surface area contributed by atoms with Crippen LogP contribution in [0.25, 0.3) is 0 Å². The first-order valence-electron chi connectivity index (χ1n) is 12.3. The normalized spacial score (nSPS) is 21.0. The topological polar surface area (TPSA) is 60.9 Å². The van der Waals surface area contributed by atoms with E-state index >= 15 is 0 Å². The molecule has 5 rings (SSSR count). The molecule has 10 heteroatoms. The number of nitrogens with zero attached hydrogens (tertiary/aromatic N) is 3. The molecule has 196 valence electrons. The van der Waals surface area contributed by atoms with E-state index in [-0.39, 0.29) is 38.5 Å². The number of rotatable bonds is 5. The summed E-state index contributed by atoms with van der Waals surface area (Å²) in [6.45, 7) is 7.30. The molecule has 1 aromatic heterocycles. The molecule has 3 aromatic rings. The van der Waals surface area contributed by atoms with Gasteiger partial charge in [0.25, 0.3) is 10.0 Å². The zero-order chi connectivity index (χ0) is 26.3. The van der Waals surface area contributed by atoms with E-state index in [1.807, 2.05) is 35.2 Å². The molecule has 1 amide bonds. The SMILES string of the molecule is Cc1cccc(N2CCN(C(=O)C3CN(S(=O)(=O)c4cc(Cl)c(Cl)s4)CC3c3ccccc3)CC2)c1C. The first kappa shape index (κ1) is 26.5. The lowest BCUT2D eigenvalue weighted by molar-refractivity contribution is -0.135. The van der Waals surface area contributed by atoms with E-state index in [0.717, 1.165) is 30.0 Å². The van der Waals surface area contributed by atoms with E-state index in [1.165, 1.54) is 27.2 Å². The van der Waals surface area contributed by atoms with Crippen molar-refractivity contribution in [2.45, 2.75) is 24.0 Å². The van der Waals surface area contributed by atoms with Crippen molar-refractivity contribution in [2.24, 2.45) is 5.92 Å². The largest absolute Gasteiger partial charge is 0.368 e. The number of carbonyl (C=O) groups is 1. The van der Waals surface area contributed by atoms with Gasteiger partial charge in [0.2, 0.25) is 5.91 Å². The number of benzene rings is 2. The number of thiophene rings is 1. The highest BCUT2D eigenvalue weighted by molar-refractivity contribution is 7.91. The van der Waals surface area contributed by atoms with E-state index in [9.17, 15) is 13.2 Å². The molecule has 2 atom stereocenters. The molecule has 0 N–H and O–H groups in total. The molecule has 0 spiro atoms. The van der Waals surface area contributed by atoms with Gasteiger partial charge in [-0.25, -0.2) is 8.42 Å². The van der Waals surface area contributed by atoms with Gasteiger partial charge in [-0.15, -0.1) is 11.3 Å². The van der Waals surface area contributed by atoms with Crippen LogP contribution in [-0.4, -0.2) is 62.8 Å². The highest BCUT2D eigenvalue weighted by Crippen LogP contribution is 2.41. The van der Waals surface area contributed by atoms with Crippen LogP contribution in [-0.2, 0) is 14.8 Å². The Bertz CT molecular complexity index is 1380. The highest BCUT2D eigenvalue weighted by Gasteiger charge is 2.45. The number of hydrogen-bond acceptors (Lipinski definition) is 5. The summed E-state index contributed by atoms with van der Waals surface area (Å²) in [4.78, 5) is 18.1. The van der Waals surface area contributed by atoms with Crippen molar-refractivity contribution in [3.8, 4) is 0 Å². The maximum atomic E-state index is 13.9. The molecule has 2 aromatic carbocycles. The van der Waals surface area contributed by atoms with E-state index in [4.69, 9.17) is 23.2 Å². The molecular formula is C27H29Cl2N3O3S2. The standard InChI is InChI=1S/C27H29Cl2N3O3S2/c1-18-7-6-10-24(19(18)2)30-11-13-31(14-12-30)27(33)22-17-32(16-21(22)20-8-4-3-5-9-20)37(34,35)25-15-23(28)26(29)36-25/h3-10,15,21-22H,11-14,16-17H2,1-2H3. The monoisotopic (exact) mass is 577 g/mol. The molecule has 37 heavy (non-hydrogen) atoms. The third kappa shape index (κ3) is 5.14. The Morgan fingerprint density at radius 1 is 0.946 bits per heavy atom. The van der Waals surface area contributed by atoms with Crippen molar-refractivity contribution in [3.05, 3.63) is 80.6 Å². The molecule has 2 aliphatic heterocycles. The van der Waals surface area contributed by atoms with Crippen LogP contribution in [0, 0.1) is 19.8 Å². The van der Waals surface area contributed by atoms with Gasteiger partial charge in [0.1, 0.15) is 8.55 Å². The second kappa shape index (κ2) is 10.6. The van der Waals surface area contributed by atoms with Gasteiger partial charge in [0, 0.05) is 50.9 Å². The van der Waals surface area contributed by atoms with Gasteiger partial charge in [-0.1, -0.05) is 65.7 Å². The Kier molecular flexibility index (Phi) is 7.58. The van der Waals surface area contributed by atoms with Gasteiger partial charge in [0.05, 0.1) is 10.9 Å². The summed E-state index contributed by atoms with van der Waals surface area (Å²) < 4.78 is 28.7. The smallest absolute Gasteiger partial charge is 0.252 e. The molecule has 2 unspecified atom stereocenters. The van der Waals surface area contributed by atoms with E-state index in [2.05, 4.69) is 36.9 Å². The first-order chi connectivity index (χ1) is 17.7. The lowest BCUT2D eigenvalue weighted by atomic mass is 9.88. The second-order valence-corrected chi connectivity index (χ2v) is 13.9. The predicted octanol–water partition coefficient (Wildman–Crippen LogP) is 5.42. The molecule has 6 nitrogen and oxygen atoms in total. The summed E-state index contributed by atoms with van der Waals surface area (Å²) in [5.74, 6) is -0.684. The predicted molar refractivity (Wildman–Crippen MR) is 150 cm³/mol. The molecular weight excluding hydrogens is 549 g/mol. The van der Waals surface area contributed by atoms with Crippen LogP contribution in [0.3, 0.4) is 0 Å². The summed E-state index contributed by atoms with van der Waals surface area (Å²) in [6.07, 6.45) is 0. The molecule has 0 bridgehead atoms. The van der Waals surface area contributed by atoms with Crippen LogP contribution in [0.4, 0.5) is 5.69 Å². The van der Waals surface area contributed by atoms with Crippen LogP contribution in [0.2, 0.25) is 9.36 Å². The Morgan fingerprint density at radius 3 is 2.30 bits per heavy atom. The van der Waals surface area contributed by atoms with Crippen LogP contribution in [0.15, 0.2) is 58.8 Å². The number of piperazine rings is 1. The summed E-state index contributed by atoms with van der Waals surface area (Å²) in [5, 5.41) is 0.221. The number of anilines is 1. The number of carbonyl (C=O) groups excluding carboxylic acids is 1. The van der Waals surface area contributed by atoms with Crippen molar-refractivity contribution < 1.29 is 13.2 Å². The summed E-state index contributed by atoms with van der Waals surface area (Å²) in [5.41, 5.74) is 4.69. The maximum absolute atomic E-state index is 13.9. The van der Waals surface area contributed by atoms with Crippen molar-refractivity contribution in [2.75, 3.05) is 44.2 Å². The summed E-state index contributed by atoms with van der Waals surface area (Å²) >= 11 is 13.1. The van der Waals surface area contributed by atoms with E-state index in [0.29, 0.717) is 13.1 Å². The molecule has 0 radical (unpaired) electrons. The average molecular weight is 579 g/mol. The van der Waals surface area contributed by atoms with Crippen LogP contribution < -0.4 is 4.90 Å². The van der Waals surface area contributed by atoms with Gasteiger partial charge in [-0.2, -0.15) is 4.31 Å². The van der Waals surface area contributed by atoms with E-state index < -0.39 is 15.9 Å². The Labute approximate surface area is 232 Å². The van der Waals surface area contributed by atoms with Gasteiger partial charge in [-0.3, -0.25) is 4.79 Å². The second-order valence-electron chi connectivity index (χ2n) is 9.66. The van der Waals surface area contributed by atoms with Crippen molar-refractivity contribution >= 4 is 56.2 Å². The molecule has 0 saturated carbocycles. The Balaban J connectivity index is 1.36. The van der Waals surface area contributed by atoms with Crippen LogP contribution >= 0.6 is 34.5 Å². The zero-order valence-corrected chi connectivity index (χ0v) is 23.9. The van der Waals surface area contributed by atoms with Crippen molar-refractivity contribution in [3.63, 3.8) is 0 Å². The number of halogens is 2. The molecule has 2 fully saturated rings. The van der Waals surface area contributed by atoms with Gasteiger partial charge in [-0.05, 0) is 42.7 Å². The third-order valence-electron chi connectivity index (χ3n) is 7.56. The van der Waals surface area contributed by atoms with Crippen molar-refractivity contribution in [1.29, 1.82) is 0 Å². The number of amides is 1. The fraction of sp³-hybridized carbons (Fsp3) is 0.370. The molecule has 0 aliphatic carbocycles. The quantitative estimate of drug-likeness (QED) is 0.406. The van der Waals surface area contributed by atoms with Gasteiger partial charge >= 0.3 is 0 Å². The summed E-state index contributed by atoms with van der Waals surface area (Å²) in [6, 6.07) is 17.4. The van der Waals surface area contributed by atoms with E-state index in [1.54, 1.807) is 0 Å². The fourth-order valence-electron chi connectivity index (χ4n) is 5.31. The minimum atomic E-state index is -3.83. The first-order valence-corrected chi connectivity index (χ1v) is 15.3. The number of aryl methyl sites for hydroxylation is 1. The average Bonchev–Trinajstić information content (AvgIpc) is 3.50. The number of sulfonamides is 1. The summed E-state index contributed by atoms with van der Waals surface area (Å²) in [7, 11) is -3.83. The number of hydrogen-bond donors (Lipinski definition) is 0. The third-order valence-corrected chi connectivity index (χ3v) is 11.7. The van der Waals surface area contributed by atoms with Gasteiger partial charge in [0.15, 0.2) is 0 Å². The minimum Gasteiger partial charge on any atom is -0.368 e. The minimum absolute atomic E-state index is 0.00871. The van der Waals surface area contributed by atoms with Crippen molar-refractivity contribution in [1.82, 2.24) is 9.21 Å². The lowest BCUT2D eigenvalue weighted by Gasteiger charge is -2.38. The van der Waals surface area contributed by atoms with Crippen LogP contribution in [0.5, 0.6) is 0 Å². The fourth-order valence-corrected chi connectivity index (χ4v) is 8.84. The zero-order valence-electron chi connectivity index (χ0n) is 20.7. The van der Waals surface area contributed by atoms with Crippen LogP contribution in [0.1, 0.15) is 22.6 Å². The molecule has 3 heterocycles. The maximum Gasteiger partial charge on any atom is 0.252 e.